The van der Waals surface area contributed by atoms with Crippen LogP contribution in [0.4, 0.5) is 8.78 Å². The molecule has 19 heavy (non-hydrogen) atoms. The van der Waals surface area contributed by atoms with Crippen LogP contribution in [0.2, 0.25) is 0 Å². The lowest BCUT2D eigenvalue weighted by Crippen LogP contribution is -2.38. The topological polar surface area (TPSA) is 17.8 Å². The number of hydrogen-bond donors (Lipinski definition) is 0. The molecule has 1 aliphatic carbocycles. The van der Waals surface area contributed by atoms with Crippen molar-refractivity contribution in [3.05, 3.63) is 29.6 Å². The zero-order valence-electron chi connectivity index (χ0n) is 10.7. The second kappa shape index (κ2) is 4.44. The molecule has 1 saturated carbocycles. The van der Waals surface area contributed by atoms with Crippen molar-refractivity contribution in [2.45, 2.75) is 38.1 Å². The van der Waals surface area contributed by atoms with Crippen LogP contribution in [0, 0.1) is 11.6 Å². The molecule has 0 bridgehead atoms. The summed E-state index contributed by atoms with van der Waals surface area (Å²) >= 11 is 5.80. The van der Waals surface area contributed by atoms with E-state index in [9.17, 15) is 8.78 Å². The zero-order chi connectivity index (χ0) is 13.6. The predicted molar refractivity (Wildman–Crippen MR) is 71.6 cm³/mol. The molecule has 1 heterocycles. The minimum atomic E-state index is -0.604. The largest absolute Gasteiger partial charge is 0.322 e. The molecule has 0 unspecified atom stereocenters. The fourth-order valence-corrected chi connectivity index (χ4v) is 3.09. The third-order valence-electron chi connectivity index (χ3n) is 4.04. The van der Waals surface area contributed by atoms with Gasteiger partial charge in [0.05, 0.1) is 5.52 Å². The molecule has 5 heteroatoms. The quantitative estimate of drug-likeness (QED) is 0.779. The first kappa shape index (κ1) is 12.9. The first-order valence-electron chi connectivity index (χ1n) is 6.48. The van der Waals surface area contributed by atoms with E-state index in [1.807, 2.05) is 4.57 Å². The number of rotatable bonds is 3. The Morgan fingerprint density at radius 3 is 2.68 bits per heavy atom. The van der Waals surface area contributed by atoms with Gasteiger partial charge in [-0.05, 0) is 32.3 Å². The highest BCUT2D eigenvalue weighted by molar-refractivity contribution is 6.17. The van der Waals surface area contributed by atoms with Crippen molar-refractivity contribution in [1.29, 1.82) is 0 Å². The minimum absolute atomic E-state index is 0.0869. The van der Waals surface area contributed by atoms with E-state index in [4.69, 9.17) is 11.6 Å². The lowest BCUT2D eigenvalue weighted by atomic mass is 9.78. The van der Waals surface area contributed by atoms with Crippen molar-refractivity contribution >= 4 is 22.6 Å². The van der Waals surface area contributed by atoms with Gasteiger partial charge < -0.3 is 4.57 Å². The van der Waals surface area contributed by atoms with Gasteiger partial charge in [-0.3, -0.25) is 0 Å². The summed E-state index contributed by atoms with van der Waals surface area (Å²) in [5.41, 5.74) is 0.700. The van der Waals surface area contributed by atoms with Crippen molar-refractivity contribution in [2.75, 3.05) is 5.88 Å². The highest BCUT2D eigenvalue weighted by Gasteiger charge is 2.37. The van der Waals surface area contributed by atoms with E-state index >= 15 is 0 Å². The molecular formula is C14H15ClF2N2. The molecule has 1 aromatic heterocycles. The van der Waals surface area contributed by atoms with Crippen LogP contribution in [-0.4, -0.2) is 15.4 Å². The Labute approximate surface area is 115 Å². The van der Waals surface area contributed by atoms with Crippen molar-refractivity contribution in [2.24, 2.45) is 0 Å². The van der Waals surface area contributed by atoms with Crippen LogP contribution in [0.1, 0.15) is 32.0 Å². The van der Waals surface area contributed by atoms with Gasteiger partial charge >= 0.3 is 0 Å². The van der Waals surface area contributed by atoms with Crippen LogP contribution in [0.3, 0.4) is 0 Å². The molecule has 0 spiro atoms. The number of alkyl halides is 1. The average Bonchev–Trinajstić information content (AvgIpc) is 2.65. The molecule has 0 atom stereocenters. The lowest BCUT2D eigenvalue weighted by molar-refractivity contribution is 0.170. The zero-order valence-corrected chi connectivity index (χ0v) is 11.5. The van der Waals surface area contributed by atoms with E-state index in [2.05, 4.69) is 11.9 Å². The molecule has 0 saturated heterocycles. The SMILES string of the molecule is CC1(n2c(CCCl)nc3c(F)cc(F)cc32)CCC1. The van der Waals surface area contributed by atoms with E-state index in [0.29, 0.717) is 17.8 Å². The van der Waals surface area contributed by atoms with Crippen molar-refractivity contribution in [3.63, 3.8) is 0 Å². The van der Waals surface area contributed by atoms with Crippen LogP contribution < -0.4 is 0 Å². The highest BCUT2D eigenvalue weighted by atomic mass is 35.5. The number of aromatic nitrogens is 2. The Morgan fingerprint density at radius 2 is 2.11 bits per heavy atom. The molecule has 3 rings (SSSR count). The minimum Gasteiger partial charge on any atom is -0.322 e. The van der Waals surface area contributed by atoms with Gasteiger partial charge in [0.15, 0.2) is 5.82 Å². The van der Waals surface area contributed by atoms with Gasteiger partial charge in [-0.1, -0.05) is 0 Å². The summed E-state index contributed by atoms with van der Waals surface area (Å²) in [4.78, 5) is 4.33. The highest BCUT2D eigenvalue weighted by Crippen LogP contribution is 2.42. The standard InChI is InChI=1S/C14H15ClF2N2/c1-14(4-2-5-14)19-11-8-9(16)7-10(17)13(11)18-12(19)3-6-15/h7-8H,2-6H2,1H3. The number of nitrogens with zero attached hydrogens (tertiary/aromatic N) is 2. The molecular weight excluding hydrogens is 270 g/mol. The van der Waals surface area contributed by atoms with Crippen molar-refractivity contribution in [1.82, 2.24) is 9.55 Å². The second-order valence-electron chi connectivity index (χ2n) is 5.41. The maximum Gasteiger partial charge on any atom is 0.153 e. The summed E-state index contributed by atoms with van der Waals surface area (Å²) in [6.45, 7) is 2.11. The van der Waals surface area contributed by atoms with Crippen LogP contribution in [-0.2, 0) is 12.0 Å². The molecule has 0 N–H and O–H groups in total. The number of halogens is 3. The first-order chi connectivity index (χ1) is 9.05. The van der Waals surface area contributed by atoms with Crippen LogP contribution in [0.5, 0.6) is 0 Å². The van der Waals surface area contributed by atoms with Crippen molar-refractivity contribution < 1.29 is 8.78 Å². The molecule has 1 aromatic carbocycles. The van der Waals surface area contributed by atoms with E-state index in [1.54, 1.807) is 0 Å². The number of fused-ring (bicyclic) bond motifs is 1. The van der Waals surface area contributed by atoms with E-state index in [1.165, 1.54) is 6.07 Å². The first-order valence-corrected chi connectivity index (χ1v) is 7.01. The van der Waals surface area contributed by atoms with Gasteiger partial charge in [0.1, 0.15) is 17.2 Å². The summed E-state index contributed by atoms with van der Waals surface area (Å²) in [6.07, 6.45) is 3.71. The number of aryl methyl sites for hydroxylation is 1. The summed E-state index contributed by atoms with van der Waals surface area (Å²) in [5, 5.41) is 0. The fraction of sp³-hybridized carbons (Fsp3) is 0.500. The van der Waals surface area contributed by atoms with Crippen LogP contribution in [0.15, 0.2) is 12.1 Å². The third-order valence-corrected chi connectivity index (χ3v) is 4.23. The summed E-state index contributed by atoms with van der Waals surface area (Å²) in [7, 11) is 0. The van der Waals surface area contributed by atoms with E-state index < -0.39 is 11.6 Å². The van der Waals surface area contributed by atoms with Gasteiger partial charge in [-0.2, -0.15) is 0 Å². The summed E-state index contributed by atoms with van der Waals surface area (Å²) in [5.74, 6) is -0.000513. The van der Waals surface area contributed by atoms with E-state index in [0.717, 1.165) is 31.2 Å². The average molecular weight is 285 g/mol. The Kier molecular flexibility index (Phi) is 3.01. The number of benzene rings is 1. The maximum absolute atomic E-state index is 13.8. The Hall–Kier alpha value is -1.16. The van der Waals surface area contributed by atoms with Crippen LogP contribution >= 0.6 is 11.6 Å². The maximum atomic E-state index is 13.8. The molecule has 0 aliphatic heterocycles. The lowest BCUT2D eigenvalue weighted by Gasteiger charge is -2.41. The van der Waals surface area contributed by atoms with E-state index in [-0.39, 0.29) is 11.1 Å². The molecule has 1 fully saturated rings. The third kappa shape index (κ3) is 1.93. The summed E-state index contributed by atoms with van der Waals surface area (Å²) in [6, 6.07) is 2.25. The Morgan fingerprint density at radius 1 is 1.37 bits per heavy atom. The molecule has 102 valence electrons. The van der Waals surface area contributed by atoms with Crippen LogP contribution in [0.25, 0.3) is 11.0 Å². The van der Waals surface area contributed by atoms with Crippen molar-refractivity contribution in [3.8, 4) is 0 Å². The smallest absolute Gasteiger partial charge is 0.153 e. The molecule has 2 nitrogen and oxygen atoms in total. The van der Waals surface area contributed by atoms with Gasteiger partial charge in [-0.25, -0.2) is 13.8 Å². The molecule has 1 aliphatic rings. The second-order valence-corrected chi connectivity index (χ2v) is 5.79. The fourth-order valence-electron chi connectivity index (χ4n) is 2.92. The van der Waals surface area contributed by atoms with Gasteiger partial charge in [0, 0.05) is 23.9 Å². The number of imidazole rings is 1. The number of hydrogen-bond acceptors (Lipinski definition) is 1. The molecule has 2 aromatic rings. The Balaban J connectivity index is 2.28. The summed E-state index contributed by atoms with van der Waals surface area (Å²) < 4.78 is 29.3. The van der Waals surface area contributed by atoms with Gasteiger partial charge in [-0.15, -0.1) is 11.6 Å². The van der Waals surface area contributed by atoms with Gasteiger partial charge in [0.25, 0.3) is 0 Å². The Bertz CT molecular complexity index is 632. The molecule has 0 radical (unpaired) electrons. The van der Waals surface area contributed by atoms with Gasteiger partial charge in [0.2, 0.25) is 0 Å². The predicted octanol–water partition coefficient (Wildman–Crippen LogP) is 3.99. The monoisotopic (exact) mass is 284 g/mol. The molecule has 0 amide bonds. The normalized spacial score (nSPS) is 17.7.